The highest BCUT2D eigenvalue weighted by Crippen LogP contribution is 2.05. The molecule has 2 N–H and O–H groups in total. The van der Waals surface area contributed by atoms with Crippen molar-refractivity contribution >= 4 is 6.21 Å². The summed E-state index contributed by atoms with van der Waals surface area (Å²) in [6.07, 6.45) is 1.46. The van der Waals surface area contributed by atoms with Gasteiger partial charge in [0.05, 0.1) is 12.0 Å². The van der Waals surface area contributed by atoms with E-state index in [1.807, 2.05) is 13.8 Å². The highest BCUT2D eigenvalue weighted by molar-refractivity contribution is 5.63. The van der Waals surface area contributed by atoms with E-state index in [9.17, 15) is 0 Å². The standard InChI is InChI=1S/C6H11N3/c1-5(2)6(3-7)4-9-8/h4-6H,8H2,1-2H3/b9-4+. The molecule has 0 bridgehead atoms. The highest BCUT2D eigenvalue weighted by atomic mass is 15.1. The van der Waals surface area contributed by atoms with Gasteiger partial charge in [0.25, 0.3) is 0 Å². The average molecular weight is 125 g/mol. The van der Waals surface area contributed by atoms with Crippen LogP contribution in [0.25, 0.3) is 0 Å². The Kier molecular flexibility index (Phi) is 3.45. The fourth-order valence-corrected chi connectivity index (χ4v) is 0.447. The molecule has 9 heavy (non-hydrogen) atoms. The van der Waals surface area contributed by atoms with Crippen molar-refractivity contribution in [1.82, 2.24) is 0 Å². The lowest BCUT2D eigenvalue weighted by molar-refractivity contribution is 0.593. The van der Waals surface area contributed by atoms with E-state index in [2.05, 4.69) is 11.2 Å². The predicted octanol–water partition coefficient (Wildman–Crippen LogP) is 0.727. The van der Waals surface area contributed by atoms with Crippen LogP contribution in [0.2, 0.25) is 0 Å². The van der Waals surface area contributed by atoms with Gasteiger partial charge in [0.2, 0.25) is 0 Å². The first-order valence-electron chi connectivity index (χ1n) is 2.85. The third kappa shape index (κ3) is 2.70. The van der Waals surface area contributed by atoms with Crippen LogP contribution in [-0.4, -0.2) is 6.21 Å². The van der Waals surface area contributed by atoms with Crippen LogP contribution in [0.3, 0.4) is 0 Å². The molecule has 1 atom stereocenters. The van der Waals surface area contributed by atoms with Crippen molar-refractivity contribution in [1.29, 1.82) is 5.26 Å². The van der Waals surface area contributed by atoms with Crippen molar-refractivity contribution in [2.75, 3.05) is 0 Å². The number of nitriles is 1. The van der Waals surface area contributed by atoms with E-state index >= 15 is 0 Å². The van der Waals surface area contributed by atoms with E-state index in [1.54, 1.807) is 0 Å². The minimum atomic E-state index is -0.144. The van der Waals surface area contributed by atoms with Gasteiger partial charge in [0, 0.05) is 6.21 Å². The van der Waals surface area contributed by atoms with Crippen molar-refractivity contribution in [3.8, 4) is 6.07 Å². The zero-order valence-electron chi connectivity index (χ0n) is 5.70. The quantitative estimate of drug-likeness (QED) is 0.336. The van der Waals surface area contributed by atoms with Crippen molar-refractivity contribution in [3.05, 3.63) is 0 Å². The second-order valence-electron chi connectivity index (χ2n) is 2.20. The van der Waals surface area contributed by atoms with Gasteiger partial charge >= 0.3 is 0 Å². The molecule has 0 aromatic rings. The lowest BCUT2D eigenvalue weighted by Crippen LogP contribution is -2.08. The Balaban J connectivity index is 3.87. The third-order valence-corrected chi connectivity index (χ3v) is 1.11. The Bertz CT molecular complexity index is 132. The number of hydrazone groups is 1. The van der Waals surface area contributed by atoms with Crippen LogP contribution < -0.4 is 5.84 Å². The average Bonchev–Trinajstić information content (AvgIpc) is 1.82. The molecule has 0 fully saturated rings. The van der Waals surface area contributed by atoms with Gasteiger partial charge in [-0.2, -0.15) is 10.4 Å². The zero-order valence-corrected chi connectivity index (χ0v) is 5.70. The molecular weight excluding hydrogens is 114 g/mol. The van der Waals surface area contributed by atoms with Crippen molar-refractivity contribution in [2.45, 2.75) is 13.8 Å². The third-order valence-electron chi connectivity index (χ3n) is 1.11. The fourth-order valence-electron chi connectivity index (χ4n) is 0.447. The van der Waals surface area contributed by atoms with Crippen LogP contribution in [0.15, 0.2) is 5.10 Å². The number of nitrogens with zero attached hydrogens (tertiary/aromatic N) is 2. The maximum atomic E-state index is 8.43. The summed E-state index contributed by atoms with van der Waals surface area (Å²) < 4.78 is 0. The SMILES string of the molecule is CC(C)C(C#N)/C=N/N. The van der Waals surface area contributed by atoms with E-state index in [1.165, 1.54) is 6.21 Å². The summed E-state index contributed by atoms with van der Waals surface area (Å²) in [7, 11) is 0. The van der Waals surface area contributed by atoms with Crippen molar-refractivity contribution in [3.63, 3.8) is 0 Å². The maximum absolute atomic E-state index is 8.43. The molecule has 0 aliphatic heterocycles. The molecule has 0 aromatic carbocycles. The second-order valence-corrected chi connectivity index (χ2v) is 2.20. The fraction of sp³-hybridized carbons (Fsp3) is 0.667. The predicted molar refractivity (Wildman–Crippen MR) is 36.6 cm³/mol. The Morgan fingerprint density at radius 2 is 2.22 bits per heavy atom. The number of rotatable bonds is 2. The highest BCUT2D eigenvalue weighted by Gasteiger charge is 2.07. The molecule has 0 aliphatic carbocycles. The normalized spacial score (nSPS) is 14.0. The molecule has 0 saturated carbocycles. The Labute approximate surface area is 55.2 Å². The molecule has 0 radical (unpaired) electrons. The molecule has 3 nitrogen and oxygen atoms in total. The smallest absolute Gasteiger partial charge is 0.0855 e. The van der Waals surface area contributed by atoms with Gasteiger partial charge in [-0.25, -0.2) is 0 Å². The molecule has 0 aromatic heterocycles. The molecule has 0 rings (SSSR count). The number of hydrogen-bond acceptors (Lipinski definition) is 3. The lowest BCUT2D eigenvalue weighted by Gasteiger charge is -2.03. The Morgan fingerprint density at radius 1 is 1.67 bits per heavy atom. The minimum absolute atomic E-state index is 0.144. The first kappa shape index (κ1) is 7.96. The molecule has 3 heteroatoms. The zero-order chi connectivity index (χ0) is 7.28. The lowest BCUT2D eigenvalue weighted by atomic mass is 9.99. The molecule has 0 spiro atoms. The topological polar surface area (TPSA) is 62.2 Å². The van der Waals surface area contributed by atoms with Crippen LogP contribution in [0.4, 0.5) is 0 Å². The van der Waals surface area contributed by atoms with E-state index in [0.717, 1.165) is 0 Å². The molecule has 50 valence electrons. The molecule has 0 aliphatic rings. The van der Waals surface area contributed by atoms with Gasteiger partial charge in [-0.05, 0) is 5.92 Å². The van der Waals surface area contributed by atoms with Crippen LogP contribution in [0.5, 0.6) is 0 Å². The van der Waals surface area contributed by atoms with Crippen LogP contribution in [0.1, 0.15) is 13.8 Å². The summed E-state index contributed by atoms with van der Waals surface area (Å²) in [6.45, 7) is 3.91. The first-order chi connectivity index (χ1) is 4.22. The molecule has 0 heterocycles. The molecular formula is C6H11N3. The van der Waals surface area contributed by atoms with Crippen molar-refractivity contribution < 1.29 is 0 Å². The summed E-state index contributed by atoms with van der Waals surface area (Å²) in [5.41, 5.74) is 0. The van der Waals surface area contributed by atoms with Gasteiger partial charge in [-0.3, -0.25) is 0 Å². The van der Waals surface area contributed by atoms with E-state index in [-0.39, 0.29) is 5.92 Å². The van der Waals surface area contributed by atoms with Gasteiger partial charge in [-0.1, -0.05) is 13.8 Å². The summed E-state index contributed by atoms with van der Waals surface area (Å²) >= 11 is 0. The Hall–Kier alpha value is -1.04. The molecule has 0 saturated heterocycles. The van der Waals surface area contributed by atoms with Gasteiger partial charge in [0.1, 0.15) is 0 Å². The Morgan fingerprint density at radius 3 is 2.33 bits per heavy atom. The summed E-state index contributed by atoms with van der Waals surface area (Å²) in [6, 6.07) is 2.07. The van der Waals surface area contributed by atoms with Gasteiger partial charge in [0.15, 0.2) is 0 Å². The van der Waals surface area contributed by atoms with E-state index in [4.69, 9.17) is 11.1 Å². The van der Waals surface area contributed by atoms with Crippen LogP contribution in [0, 0.1) is 23.2 Å². The largest absolute Gasteiger partial charge is 0.324 e. The number of nitrogens with two attached hydrogens (primary N) is 1. The summed E-state index contributed by atoms with van der Waals surface area (Å²) in [4.78, 5) is 0. The maximum Gasteiger partial charge on any atom is 0.0855 e. The monoisotopic (exact) mass is 125 g/mol. The molecule has 0 amide bonds. The van der Waals surface area contributed by atoms with Crippen LogP contribution >= 0.6 is 0 Å². The summed E-state index contributed by atoms with van der Waals surface area (Å²) in [5.74, 6) is 5.01. The van der Waals surface area contributed by atoms with Gasteiger partial charge < -0.3 is 5.84 Å². The van der Waals surface area contributed by atoms with Gasteiger partial charge in [-0.15, -0.1) is 0 Å². The minimum Gasteiger partial charge on any atom is -0.324 e. The summed E-state index contributed by atoms with van der Waals surface area (Å²) in [5, 5.41) is 11.7. The number of hydrogen-bond donors (Lipinski definition) is 1. The molecule has 1 unspecified atom stereocenters. The van der Waals surface area contributed by atoms with Crippen molar-refractivity contribution in [2.24, 2.45) is 22.8 Å². The first-order valence-corrected chi connectivity index (χ1v) is 2.85. The van der Waals surface area contributed by atoms with E-state index < -0.39 is 0 Å². The van der Waals surface area contributed by atoms with E-state index in [0.29, 0.717) is 5.92 Å². The second kappa shape index (κ2) is 3.90. The van der Waals surface area contributed by atoms with Crippen LogP contribution in [-0.2, 0) is 0 Å².